The summed E-state index contributed by atoms with van der Waals surface area (Å²) < 4.78 is 5.94. The highest BCUT2D eigenvalue weighted by atomic mass is 16.5. The van der Waals surface area contributed by atoms with Crippen molar-refractivity contribution in [2.75, 3.05) is 0 Å². The van der Waals surface area contributed by atoms with Crippen molar-refractivity contribution in [1.29, 1.82) is 0 Å². The molecule has 4 heteroatoms. The van der Waals surface area contributed by atoms with Gasteiger partial charge < -0.3 is 14.9 Å². The van der Waals surface area contributed by atoms with Crippen LogP contribution in [0.15, 0.2) is 0 Å². The van der Waals surface area contributed by atoms with Crippen molar-refractivity contribution in [3.05, 3.63) is 0 Å². The first-order valence-corrected chi connectivity index (χ1v) is 14.0. The number of aliphatic hydroxyl groups excluding tert-OH is 1. The highest BCUT2D eigenvalue weighted by molar-refractivity contribution is 5.66. The molecule has 4 aliphatic rings. The molecule has 10 atom stereocenters. The van der Waals surface area contributed by atoms with Crippen LogP contribution in [-0.4, -0.2) is 34.0 Å². The van der Waals surface area contributed by atoms with Gasteiger partial charge in [-0.25, -0.2) is 0 Å². The van der Waals surface area contributed by atoms with Crippen LogP contribution in [0.3, 0.4) is 0 Å². The molecule has 4 fully saturated rings. The van der Waals surface area contributed by atoms with Crippen molar-refractivity contribution in [3.63, 3.8) is 0 Å². The first-order chi connectivity index (χ1) is 15.4. The van der Waals surface area contributed by atoms with Crippen LogP contribution in [0.5, 0.6) is 0 Å². The van der Waals surface area contributed by atoms with Gasteiger partial charge in [-0.1, -0.05) is 53.9 Å². The zero-order valence-electron chi connectivity index (χ0n) is 22.1. The third kappa shape index (κ3) is 4.20. The summed E-state index contributed by atoms with van der Waals surface area (Å²) in [6, 6.07) is 0. The summed E-state index contributed by atoms with van der Waals surface area (Å²) in [5, 5.41) is 23.0. The Morgan fingerprint density at radius 3 is 2.36 bits per heavy atom. The van der Waals surface area contributed by atoms with Crippen molar-refractivity contribution in [1.82, 2.24) is 0 Å². The lowest BCUT2D eigenvalue weighted by Crippen LogP contribution is -2.65. The summed E-state index contributed by atoms with van der Waals surface area (Å²) in [4.78, 5) is 12.0. The van der Waals surface area contributed by atoms with Gasteiger partial charge in [0.05, 0.1) is 11.7 Å². The Hall–Kier alpha value is -0.610. The average Bonchev–Trinajstić information content (AvgIpc) is 3.00. The van der Waals surface area contributed by atoms with E-state index in [-0.39, 0.29) is 40.8 Å². The molecule has 0 heterocycles. The fourth-order valence-electron chi connectivity index (χ4n) is 9.55. The molecule has 0 radical (unpaired) electrons. The predicted molar refractivity (Wildman–Crippen MR) is 131 cm³/mol. The summed E-state index contributed by atoms with van der Waals surface area (Å²) in [6.07, 6.45) is 10.9. The molecule has 0 amide bonds. The molecule has 0 aromatic rings. The van der Waals surface area contributed by atoms with Crippen LogP contribution in [0.4, 0.5) is 0 Å². The lowest BCUT2D eigenvalue weighted by molar-refractivity contribution is -0.238. The largest absolute Gasteiger partial charge is 0.462 e. The second-order valence-corrected chi connectivity index (χ2v) is 13.5. The summed E-state index contributed by atoms with van der Waals surface area (Å²) in [6.45, 7) is 13.3. The van der Waals surface area contributed by atoms with Crippen molar-refractivity contribution in [3.8, 4) is 0 Å². The first kappa shape index (κ1) is 25.5. The van der Waals surface area contributed by atoms with Crippen molar-refractivity contribution in [2.24, 2.45) is 46.3 Å². The molecule has 0 bridgehead atoms. The fraction of sp³-hybridized carbons (Fsp3) is 0.966. The average molecular weight is 463 g/mol. The lowest BCUT2D eigenvalue weighted by atomic mass is 9.42. The van der Waals surface area contributed by atoms with E-state index < -0.39 is 5.60 Å². The van der Waals surface area contributed by atoms with Crippen molar-refractivity contribution in [2.45, 2.75) is 130 Å². The zero-order valence-corrected chi connectivity index (χ0v) is 22.1. The molecule has 0 aromatic carbocycles. The van der Waals surface area contributed by atoms with Gasteiger partial charge in [0.25, 0.3) is 0 Å². The number of hydrogen-bond donors (Lipinski definition) is 2. The van der Waals surface area contributed by atoms with E-state index in [1.165, 1.54) is 26.2 Å². The Morgan fingerprint density at radius 1 is 0.970 bits per heavy atom. The van der Waals surface area contributed by atoms with Crippen LogP contribution in [0, 0.1) is 46.3 Å². The number of aliphatic hydroxyl groups is 2. The molecule has 33 heavy (non-hydrogen) atoms. The maximum Gasteiger partial charge on any atom is 0.302 e. The van der Waals surface area contributed by atoms with Gasteiger partial charge in [-0.05, 0) is 91.8 Å². The molecule has 4 aliphatic carbocycles. The van der Waals surface area contributed by atoms with Gasteiger partial charge in [-0.2, -0.15) is 0 Å². The number of hydrogen-bond acceptors (Lipinski definition) is 4. The van der Waals surface area contributed by atoms with Crippen LogP contribution in [-0.2, 0) is 9.53 Å². The van der Waals surface area contributed by atoms with E-state index in [1.807, 2.05) is 0 Å². The van der Waals surface area contributed by atoms with E-state index in [0.29, 0.717) is 17.8 Å². The van der Waals surface area contributed by atoms with Gasteiger partial charge in [0.1, 0.15) is 6.10 Å². The molecule has 0 unspecified atom stereocenters. The number of fused-ring (bicyclic) bond motifs is 5. The molecular formula is C29H50O4. The van der Waals surface area contributed by atoms with Gasteiger partial charge in [0.15, 0.2) is 0 Å². The molecule has 190 valence electrons. The highest BCUT2D eigenvalue weighted by Crippen LogP contribution is 2.70. The van der Waals surface area contributed by atoms with Gasteiger partial charge in [-0.15, -0.1) is 0 Å². The Labute approximate surface area is 202 Å². The summed E-state index contributed by atoms with van der Waals surface area (Å²) in [7, 11) is 0. The van der Waals surface area contributed by atoms with Gasteiger partial charge in [-0.3, -0.25) is 4.79 Å². The van der Waals surface area contributed by atoms with Crippen molar-refractivity contribution < 1.29 is 19.7 Å². The maximum absolute atomic E-state index is 12.5. The second kappa shape index (κ2) is 9.12. The summed E-state index contributed by atoms with van der Waals surface area (Å²) in [5.74, 6) is 2.58. The Balaban J connectivity index is 1.60. The van der Waals surface area contributed by atoms with Crippen molar-refractivity contribution >= 4 is 5.97 Å². The fourth-order valence-corrected chi connectivity index (χ4v) is 9.55. The van der Waals surface area contributed by atoms with Gasteiger partial charge in [0, 0.05) is 12.8 Å². The standard InChI is InChI=1S/C29H50O4/c1-18(2)8-7-9-19(3)22-12-15-29(32)24-17-26(33-20(4)30)25-16-21(31)10-13-27(25,5)23(24)11-14-28(22,29)6/h18-19,21-26,31-32H,7-17H2,1-6H3/t19-,21+,22-,23-,24-,25-,26-,27-,28-,29+/m1/s1. The lowest BCUT2D eigenvalue weighted by Gasteiger charge is -2.65. The molecule has 0 saturated heterocycles. The minimum atomic E-state index is -0.671. The van der Waals surface area contributed by atoms with Gasteiger partial charge in [0.2, 0.25) is 0 Å². The van der Waals surface area contributed by atoms with E-state index in [9.17, 15) is 15.0 Å². The Morgan fingerprint density at radius 2 is 1.70 bits per heavy atom. The summed E-state index contributed by atoms with van der Waals surface area (Å²) in [5.41, 5.74) is -0.695. The van der Waals surface area contributed by atoms with Crippen LogP contribution >= 0.6 is 0 Å². The second-order valence-electron chi connectivity index (χ2n) is 13.5. The molecule has 0 spiro atoms. The Bertz CT molecular complexity index is 720. The zero-order chi connectivity index (χ0) is 24.2. The van der Waals surface area contributed by atoms with E-state index in [2.05, 4.69) is 34.6 Å². The van der Waals surface area contributed by atoms with E-state index in [0.717, 1.165) is 57.3 Å². The minimum absolute atomic E-state index is 0.0281. The third-order valence-electron chi connectivity index (χ3n) is 11.3. The molecule has 2 N–H and O–H groups in total. The molecule has 0 aliphatic heterocycles. The van der Waals surface area contributed by atoms with E-state index >= 15 is 0 Å². The topological polar surface area (TPSA) is 66.8 Å². The Kier molecular flexibility index (Phi) is 7.04. The van der Waals surface area contributed by atoms with Crippen LogP contribution in [0.1, 0.15) is 112 Å². The number of ether oxygens (including phenoxy) is 1. The molecule has 4 nitrogen and oxygen atoms in total. The SMILES string of the molecule is CC(=O)O[C@@H]1C[C@@H]2[C@@H](CC[C@]3(C)[C@@H]([C@H](C)CCCC(C)C)CC[C@]23O)[C@@]2(C)CC[C@H](O)C[C@H]12. The normalized spacial score (nSPS) is 48.0. The van der Waals surface area contributed by atoms with E-state index in [1.54, 1.807) is 0 Å². The van der Waals surface area contributed by atoms with Crippen LogP contribution in [0.2, 0.25) is 0 Å². The monoisotopic (exact) mass is 462 g/mol. The molecule has 4 rings (SSSR count). The quantitative estimate of drug-likeness (QED) is 0.466. The maximum atomic E-state index is 12.5. The molecular weight excluding hydrogens is 412 g/mol. The third-order valence-corrected chi connectivity index (χ3v) is 11.3. The predicted octanol–water partition coefficient (Wildman–Crippen LogP) is 6.13. The van der Waals surface area contributed by atoms with Crippen LogP contribution < -0.4 is 0 Å². The van der Waals surface area contributed by atoms with E-state index in [4.69, 9.17) is 4.74 Å². The number of rotatable bonds is 6. The number of carbonyl (C=O) groups excluding carboxylic acids is 1. The summed E-state index contributed by atoms with van der Waals surface area (Å²) >= 11 is 0. The van der Waals surface area contributed by atoms with Crippen LogP contribution in [0.25, 0.3) is 0 Å². The first-order valence-electron chi connectivity index (χ1n) is 14.0. The van der Waals surface area contributed by atoms with Gasteiger partial charge >= 0.3 is 5.97 Å². The number of esters is 1. The molecule has 0 aromatic heterocycles. The molecule has 4 saturated carbocycles. The minimum Gasteiger partial charge on any atom is -0.462 e. The highest BCUT2D eigenvalue weighted by Gasteiger charge is 2.69. The number of carbonyl (C=O) groups is 1. The smallest absolute Gasteiger partial charge is 0.302 e.